The maximum Gasteiger partial charge on any atom is 0.250 e. The van der Waals surface area contributed by atoms with Crippen molar-refractivity contribution in [2.45, 2.75) is 4.90 Å². The minimum absolute atomic E-state index is 0.0915. The summed E-state index contributed by atoms with van der Waals surface area (Å²) in [5, 5.41) is 6.20. The van der Waals surface area contributed by atoms with Crippen LogP contribution in [0.25, 0.3) is 10.8 Å². The molecule has 2 aromatic carbocycles. The fourth-order valence-electron chi connectivity index (χ4n) is 1.74. The number of rotatable bonds is 2. The molecule has 0 aromatic heterocycles. The van der Waals surface area contributed by atoms with Gasteiger partial charge in [0.1, 0.15) is 4.90 Å². The van der Waals surface area contributed by atoms with E-state index in [0.29, 0.717) is 10.8 Å². The zero-order valence-electron chi connectivity index (χ0n) is 8.75. The molecule has 0 bridgehead atoms. The van der Waals surface area contributed by atoms with Gasteiger partial charge in [-0.05, 0) is 11.5 Å². The SMILES string of the molecule is NC(=O)c1ccc2ccccc2c1S(N)(=O)=O. The van der Waals surface area contributed by atoms with E-state index in [1.165, 1.54) is 6.07 Å². The number of primary sulfonamides is 1. The van der Waals surface area contributed by atoms with Crippen LogP contribution in [-0.2, 0) is 10.0 Å². The Morgan fingerprint density at radius 1 is 1.06 bits per heavy atom. The number of nitrogens with two attached hydrogens (primary N) is 2. The predicted molar refractivity (Wildman–Crippen MR) is 63.8 cm³/mol. The van der Waals surface area contributed by atoms with Gasteiger partial charge in [-0.15, -0.1) is 0 Å². The summed E-state index contributed by atoms with van der Waals surface area (Å²) in [5.74, 6) is -0.820. The van der Waals surface area contributed by atoms with Crippen LogP contribution in [0.15, 0.2) is 41.3 Å². The highest BCUT2D eigenvalue weighted by molar-refractivity contribution is 7.89. The first kappa shape index (κ1) is 11.6. The van der Waals surface area contributed by atoms with Crippen molar-refractivity contribution in [1.29, 1.82) is 0 Å². The van der Waals surface area contributed by atoms with Gasteiger partial charge in [0.15, 0.2) is 0 Å². The molecule has 0 spiro atoms. The van der Waals surface area contributed by atoms with E-state index in [1.54, 1.807) is 30.3 Å². The predicted octanol–water partition coefficient (Wildman–Crippen LogP) is 0.586. The Labute approximate surface area is 98.1 Å². The molecule has 0 fully saturated rings. The number of carbonyl (C=O) groups excluding carboxylic acids is 1. The molecule has 2 aromatic rings. The first-order chi connectivity index (χ1) is 7.91. The van der Waals surface area contributed by atoms with Crippen molar-refractivity contribution >= 4 is 26.7 Å². The Hall–Kier alpha value is -1.92. The van der Waals surface area contributed by atoms with Crippen LogP contribution in [0.2, 0.25) is 0 Å². The number of primary amides is 1. The van der Waals surface area contributed by atoms with Gasteiger partial charge in [0.2, 0.25) is 15.9 Å². The lowest BCUT2D eigenvalue weighted by Crippen LogP contribution is -2.20. The van der Waals surface area contributed by atoms with Crippen LogP contribution < -0.4 is 10.9 Å². The Morgan fingerprint density at radius 2 is 1.71 bits per heavy atom. The summed E-state index contributed by atoms with van der Waals surface area (Å²) >= 11 is 0. The Morgan fingerprint density at radius 3 is 2.29 bits per heavy atom. The largest absolute Gasteiger partial charge is 0.366 e. The molecule has 0 aliphatic carbocycles. The summed E-state index contributed by atoms with van der Waals surface area (Å²) in [6, 6.07) is 9.74. The monoisotopic (exact) mass is 250 g/mol. The quantitative estimate of drug-likeness (QED) is 0.814. The number of sulfonamides is 1. The molecular weight excluding hydrogens is 240 g/mol. The van der Waals surface area contributed by atoms with Gasteiger partial charge in [-0.3, -0.25) is 4.79 Å². The third kappa shape index (κ3) is 2.00. The Bertz CT molecular complexity index is 708. The minimum atomic E-state index is -4.01. The average Bonchev–Trinajstić information content (AvgIpc) is 2.26. The second-order valence-electron chi connectivity index (χ2n) is 3.57. The van der Waals surface area contributed by atoms with Crippen LogP contribution in [0.5, 0.6) is 0 Å². The summed E-state index contributed by atoms with van der Waals surface area (Å²) in [5.41, 5.74) is 5.05. The van der Waals surface area contributed by atoms with Crippen LogP contribution in [0.4, 0.5) is 0 Å². The first-order valence-corrected chi connectivity index (χ1v) is 6.30. The van der Waals surface area contributed by atoms with Crippen molar-refractivity contribution in [3.8, 4) is 0 Å². The molecule has 88 valence electrons. The van der Waals surface area contributed by atoms with Gasteiger partial charge in [-0.25, -0.2) is 13.6 Å². The average molecular weight is 250 g/mol. The van der Waals surface area contributed by atoms with Crippen LogP contribution in [0, 0.1) is 0 Å². The second-order valence-corrected chi connectivity index (χ2v) is 5.07. The van der Waals surface area contributed by atoms with Crippen molar-refractivity contribution in [3.63, 3.8) is 0 Å². The maximum atomic E-state index is 11.5. The molecule has 0 saturated carbocycles. The van der Waals surface area contributed by atoms with Crippen molar-refractivity contribution in [1.82, 2.24) is 0 Å². The lowest BCUT2D eigenvalue weighted by Gasteiger charge is -2.08. The molecule has 0 aliphatic rings. The normalized spacial score (nSPS) is 11.6. The fourth-order valence-corrected chi connectivity index (χ4v) is 2.71. The third-order valence-corrected chi connectivity index (χ3v) is 3.44. The molecule has 1 amide bonds. The number of carbonyl (C=O) groups is 1. The van der Waals surface area contributed by atoms with Crippen molar-refractivity contribution in [2.24, 2.45) is 10.9 Å². The summed E-state index contributed by atoms with van der Waals surface area (Å²) in [6.07, 6.45) is 0. The topological polar surface area (TPSA) is 103 Å². The van der Waals surface area contributed by atoms with Gasteiger partial charge in [0, 0.05) is 5.39 Å². The lowest BCUT2D eigenvalue weighted by atomic mass is 10.1. The van der Waals surface area contributed by atoms with E-state index < -0.39 is 15.9 Å². The third-order valence-electron chi connectivity index (χ3n) is 2.43. The second kappa shape index (κ2) is 3.83. The Kier molecular flexibility index (Phi) is 2.60. The van der Waals surface area contributed by atoms with E-state index in [-0.39, 0.29) is 10.5 Å². The fraction of sp³-hybridized carbons (Fsp3) is 0. The Balaban J connectivity index is 3.00. The van der Waals surface area contributed by atoms with Gasteiger partial charge in [-0.2, -0.15) is 0 Å². The van der Waals surface area contributed by atoms with Crippen LogP contribution in [0.1, 0.15) is 10.4 Å². The van der Waals surface area contributed by atoms with E-state index in [9.17, 15) is 13.2 Å². The zero-order valence-corrected chi connectivity index (χ0v) is 9.57. The van der Waals surface area contributed by atoms with Crippen LogP contribution >= 0.6 is 0 Å². The zero-order chi connectivity index (χ0) is 12.6. The maximum absolute atomic E-state index is 11.5. The van der Waals surface area contributed by atoms with E-state index in [4.69, 9.17) is 10.9 Å². The molecular formula is C11H10N2O3S. The molecule has 2 rings (SSSR count). The number of amides is 1. The van der Waals surface area contributed by atoms with E-state index >= 15 is 0 Å². The van der Waals surface area contributed by atoms with Gasteiger partial charge in [0.05, 0.1) is 5.56 Å². The molecule has 0 radical (unpaired) electrons. The van der Waals surface area contributed by atoms with Gasteiger partial charge < -0.3 is 5.73 Å². The van der Waals surface area contributed by atoms with Crippen molar-refractivity contribution in [3.05, 3.63) is 42.0 Å². The highest BCUT2D eigenvalue weighted by atomic mass is 32.2. The molecule has 0 aliphatic heterocycles. The van der Waals surface area contributed by atoms with Crippen LogP contribution in [-0.4, -0.2) is 14.3 Å². The van der Waals surface area contributed by atoms with E-state index in [1.807, 2.05) is 0 Å². The molecule has 17 heavy (non-hydrogen) atoms. The van der Waals surface area contributed by atoms with Crippen molar-refractivity contribution in [2.75, 3.05) is 0 Å². The van der Waals surface area contributed by atoms with Crippen LogP contribution in [0.3, 0.4) is 0 Å². The lowest BCUT2D eigenvalue weighted by molar-refractivity contribution is 0.0997. The van der Waals surface area contributed by atoms with E-state index in [0.717, 1.165) is 0 Å². The summed E-state index contributed by atoms with van der Waals surface area (Å²) in [4.78, 5) is 11.0. The molecule has 6 heteroatoms. The van der Waals surface area contributed by atoms with Crippen molar-refractivity contribution < 1.29 is 13.2 Å². The van der Waals surface area contributed by atoms with Gasteiger partial charge >= 0.3 is 0 Å². The highest BCUT2D eigenvalue weighted by Crippen LogP contribution is 2.25. The van der Waals surface area contributed by atoms with Gasteiger partial charge in [0.25, 0.3) is 0 Å². The standard InChI is InChI=1S/C11H10N2O3S/c12-11(14)9-6-5-7-3-1-2-4-8(7)10(9)17(13,15)16/h1-6H,(H2,12,14)(H2,13,15,16). The summed E-state index contributed by atoms with van der Waals surface area (Å²) in [6.45, 7) is 0. The summed E-state index contributed by atoms with van der Waals surface area (Å²) in [7, 11) is -4.01. The molecule has 0 atom stereocenters. The number of hydrogen-bond acceptors (Lipinski definition) is 3. The molecule has 4 N–H and O–H groups in total. The highest BCUT2D eigenvalue weighted by Gasteiger charge is 2.20. The number of fused-ring (bicyclic) bond motifs is 1. The molecule has 0 saturated heterocycles. The minimum Gasteiger partial charge on any atom is -0.366 e. The summed E-state index contributed by atoms with van der Waals surface area (Å²) < 4.78 is 23.1. The van der Waals surface area contributed by atoms with Gasteiger partial charge in [-0.1, -0.05) is 30.3 Å². The first-order valence-electron chi connectivity index (χ1n) is 4.75. The number of hydrogen-bond donors (Lipinski definition) is 2. The smallest absolute Gasteiger partial charge is 0.250 e. The van der Waals surface area contributed by atoms with E-state index in [2.05, 4.69) is 0 Å². The molecule has 0 heterocycles. The molecule has 5 nitrogen and oxygen atoms in total. The number of benzene rings is 2. The molecule has 0 unspecified atom stereocenters.